The molecule has 29 heavy (non-hydrogen) atoms. The van der Waals surface area contributed by atoms with E-state index >= 15 is 0 Å². The van der Waals surface area contributed by atoms with Crippen molar-refractivity contribution in [1.82, 2.24) is 15.5 Å². The van der Waals surface area contributed by atoms with Crippen LogP contribution in [0.1, 0.15) is 15.9 Å². The lowest BCUT2D eigenvalue weighted by Gasteiger charge is -2.11. The van der Waals surface area contributed by atoms with Crippen molar-refractivity contribution in [3.63, 3.8) is 0 Å². The van der Waals surface area contributed by atoms with E-state index in [0.717, 1.165) is 5.56 Å². The zero-order valence-electron chi connectivity index (χ0n) is 16.1. The fourth-order valence-corrected chi connectivity index (χ4v) is 2.60. The second-order valence-electron chi connectivity index (χ2n) is 6.43. The quantitative estimate of drug-likeness (QED) is 0.582. The first kappa shape index (κ1) is 22.5. The minimum absolute atomic E-state index is 0.00590. The Morgan fingerprint density at radius 2 is 1.55 bits per heavy atom. The number of rotatable bonds is 7. The number of carbonyl (C=O) groups is 3. The molecule has 0 spiro atoms. The third kappa shape index (κ3) is 7.29. The smallest absolute Gasteiger partial charge is 0.319 e. The zero-order valence-corrected chi connectivity index (χ0v) is 17.6. The van der Waals surface area contributed by atoms with Crippen LogP contribution in [0, 0.1) is 0 Å². The number of hydrogen-bond acceptors (Lipinski definition) is 3. The van der Waals surface area contributed by atoms with E-state index in [-0.39, 0.29) is 24.9 Å². The predicted octanol–water partition coefficient (Wildman–Crippen LogP) is 3.18. The largest absolute Gasteiger partial charge is 0.350 e. The first-order chi connectivity index (χ1) is 13.8. The van der Waals surface area contributed by atoms with Crippen molar-refractivity contribution in [3.05, 3.63) is 63.6 Å². The maximum atomic E-state index is 12.0. The molecule has 0 aliphatic rings. The van der Waals surface area contributed by atoms with Crippen molar-refractivity contribution in [2.24, 2.45) is 0 Å². The van der Waals surface area contributed by atoms with E-state index < -0.39 is 6.03 Å². The van der Waals surface area contributed by atoms with Gasteiger partial charge in [0.15, 0.2) is 0 Å². The molecule has 154 valence electrons. The van der Waals surface area contributed by atoms with E-state index in [2.05, 4.69) is 16.0 Å². The summed E-state index contributed by atoms with van der Waals surface area (Å²) < 4.78 is 0. The van der Waals surface area contributed by atoms with Crippen molar-refractivity contribution >= 4 is 46.7 Å². The average molecular weight is 437 g/mol. The highest BCUT2D eigenvalue weighted by Gasteiger charge is 2.09. The maximum Gasteiger partial charge on any atom is 0.319 e. The molecule has 7 nitrogen and oxygen atoms in total. The topological polar surface area (TPSA) is 90.5 Å². The van der Waals surface area contributed by atoms with Crippen molar-refractivity contribution in [1.29, 1.82) is 0 Å². The van der Waals surface area contributed by atoms with Crippen LogP contribution in [0.15, 0.2) is 42.5 Å². The molecular weight excluding hydrogens is 415 g/mol. The molecule has 0 aliphatic carbocycles. The number of benzene rings is 2. The standard InChI is InChI=1S/C20H22Cl2N4O3/c1-26(2)18(27)11-13-3-6-15(7-4-13)25-20(29)24-10-9-23-19(28)14-5-8-16(21)17(22)12-14/h3-8,12H,9-11H2,1-2H3,(H,23,28)(H2,24,25,29). The summed E-state index contributed by atoms with van der Waals surface area (Å²) in [6.07, 6.45) is 0.304. The predicted molar refractivity (Wildman–Crippen MR) is 115 cm³/mol. The van der Waals surface area contributed by atoms with E-state index in [0.29, 0.717) is 27.7 Å². The summed E-state index contributed by atoms with van der Waals surface area (Å²) in [6.45, 7) is 0.492. The van der Waals surface area contributed by atoms with E-state index in [9.17, 15) is 14.4 Å². The van der Waals surface area contributed by atoms with Crippen molar-refractivity contribution in [2.45, 2.75) is 6.42 Å². The summed E-state index contributed by atoms with van der Waals surface area (Å²) in [4.78, 5) is 37.2. The van der Waals surface area contributed by atoms with Crippen LogP contribution in [0.5, 0.6) is 0 Å². The van der Waals surface area contributed by atoms with Gasteiger partial charge in [-0.15, -0.1) is 0 Å². The monoisotopic (exact) mass is 436 g/mol. The zero-order chi connectivity index (χ0) is 21.4. The van der Waals surface area contributed by atoms with Gasteiger partial charge in [0.05, 0.1) is 16.5 Å². The third-order valence-electron chi connectivity index (χ3n) is 3.94. The molecule has 0 saturated heterocycles. The average Bonchev–Trinajstić information content (AvgIpc) is 2.68. The van der Waals surface area contributed by atoms with E-state index in [4.69, 9.17) is 23.2 Å². The minimum atomic E-state index is -0.397. The SMILES string of the molecule is CN(C)C(=O)Cc1ccc(NC(=O)NCCNC(=O)c2ccc(Cl)c(Cl)c2)cc1. The summed E-state index contributed by atoms with van der Waals surface area (Å²) in [7, 11) is 3.41. The highest BCUT2D eigenvalue weighted by atomic mass is 35.5. The van der Waals surface area contributed by atoms with Crippen molar-refractivity contribution < 1.29 is 14.4 Å². The van der Waals surface area contributed by atoms with Gasteiger partial charge >= 0.3 is 6.03 Å². The number of hydrogen-bond donors (Lipinski definition) is 3. The molecule has 2 aromatic carbocycles. The van der Waals surface area contributed by atoms with Crippen LogP contribution in [-0.4, -0.2) is 49.9 Å². The van der Waals surface area contributed by atoms with Crippen LogP contribution in [-0.2, 0) is 11.2 Å². The Kier molecular flexibility index (Phi) is 8.30. The molecule has 2 rings (SSSR count). The van der Waals surface area contributed by atoms with Crippen molar-refractivity contribution in [3.8, 4) is 0 Å². The molecule has 0 aromatic heterocycles. The van der Waals surface area contributed by atoms with Gasteiger partial charge in [0, 0.05) is 38.4 Å². The molecule has 4 amide bonds. The number of amides is 4. The van der Waals surface area contributed by atoms with Gasteiger partial charge in [-0.25, -0.2) is 4.79 Å². The highest BCUT2D eigenvalue weighted by Crippen LogP contribution is 2.22. The molecule has 0 unspecified atom stereocenters. The Hall–Kier alpha value is -2.77. The first-order valence-electron chi connectivity index (χ1n) is 8.83. The summed E-state index contributed by atoms with van der Waals surface area (Å²) in [5, 5.41) is 8.69. The van der Waals surface area contributed by atoms with Crippen LogP contribution in [0.2, 0.25) is 10.0 Å². The summed E-state index contributed by atoms with van der Waals surface area (Å²) in [5.74, 6) is -0.306. The van der Waals surface area contributed by atoms with Gasteiger partial charge in [-0.3, -0.25) is 9.59 Å². The lowest BCUT2D eigenvalue weighted by atomic mass is 10.1. The maximum absolute atomic E-state index is 12.0. The number of carbonyl (C=O) groups excluding carboxylic acids is 3. The summed E-state index contributed by atoms with van der Waals surface area (Å²) in [5.41, 5.74) is 1.85. The molecule has 0 aliphatic heterocycles. The van der Waals surface area contributed by atoms with E-state index in [1.807, 2.05) is 0 Å². The van der Waals surface area contributed by atoms with Gasteiger partial charge in [0.2, 0.25) is 5.91 Å². The third-order valence-corrected chi connectivity index (χ3v) is 4.68. The minimum Gasteiger partial charge on any atom is -0.350 e. The number of likely N-dealkylation sites (N-methyl/N-ethyl adjacent to an activating group) is 1. The van der Waals surface area contributed by atoms with Crippen LogP contribution in [0.25, 0.3) is 0 Å². The summed E-state index contributed by atoms with van der Waals surface area (Å²) in [6, 6.07) is 11.2. The second kappa shape index (κ2) is 10.7. The lowest BCUT2D eigenvalue weighted by Crippen LogP contribution is -2.36. The van der Waals surface area contributed by atoms with E-state index in [1.54, 1.807) is 50.5 Å². The van der Waals surface area contributed by atoms with E-state index in [1.165, 1.54) is 11.0 Å². The number of nitrogens with one attached hydrogen (secondary N) is 3. The fraction of sp³-hybridized carbons (Fsp3) is 0.250. The Balaban J connectivity index is 1.72. The Labute approximate surface area is 179 Å². The van der Waals surface area contributed by atoms with Gasteiger partial charge in [-0.1, -0.05) is 35.3 Å². The molecule has 0 heterocycles. The number of nitrogens with zero attached hydrogens (tertiary/aromatic N) is 1. The fourth-order valence-electron chi connectivity index (χ4n) is 2.31. The molecule has 0 radical (unpaired) electrons. The first-order valence-corrected chi connectivity index (χ1v) is 9.59. The van der Waals surface area contributed by atoms with Gasteiger partial charge in [-0.05, 0) is 35.9 Å². The van der Waals surface area contributed by atoms with Gasteiger partial charge in [0.1, 0.15) is 0 Å². The Morgan fingerprint density at radius 1 is 0.897 bits per heavy atom. The van der Waals surface area contributed by atoms with Crippen LogP contribution < -0.4 is 16.0 Å². The van der Waals surface area contributed by atoms with Gasteiger partial charge in [0.25, 0.3) is 5.91 Å². The molecule has 3 N–H and O–H groups in total. The van der Waals surface area contributed by atoms with Crippen LogP contribution in [0.4, 0.5) is 10.5 Å². The molecule has 0 bridgehead atoms. The highest BCUT2D eigenvalue weighted by molar-refractivity contribution is 6.42. The summed E-state index contributed by atoms with van der Waals surface area (Å²) >= 11 is 11.7. The van der Waals surface area contributed by atoms with Gasteiger partial charge in [-0.2, -0.15) is 0 Å². The Morgan fingerprint density at radius 3 is 2.17 bits per heavy atom. The Bertz CT molecular complexity index is 886. The molecule has 0 fully saturated rings. The van der Waals surface area contributed by atoms with Crippen LogP contribution >= 0.6 is 23.2 Å². The molecule has 0 saturated carbocycles. The lowest BCUT2D eigenvalue weighted by molar-refractivity contribution is -0.127. The molecule has 9 heteroatoms. The second-order valence-corrected chi connectivity index (χ2v) is 7.24. The number of anilines is 1. The number of urea groups is 1. The molecular formula is C20H22Cl2N4O3. The molecule has 2 aromatic rings. The number of halogens is 2. The van der Waals surface area contributed by atoms with Gasteiger partial charge < -0.3 is 20.9 Å². The molecule has 0 atom stereocenters. The van der Waals surface area contributed by atoms with Crippen LogP contribution in [0.3, 0.4) is 0 Å². The van der Waals surface area contributed by atoms with Crippen molar-refractivity contribution in [2.75, 3.05) is 32.5 Å². The normalized spacial score (nSPS) is 10.2.